The maximum atomic E-state index is 13.2. The normalized spacial score (nSPS) is 11.5. The average Bonchev–Trinajstić information content (AvgIpc) is 3.05. The number of methoxy groups -OCH3 is 1. The van der Waals surface area contributed by atoms with Gasteiger partial charge in [0, 0.05) is 35.5 Å². The van der Waals surface area contributed by atoms with Gasteiger partial charge in [0.1, 0.15) is 11.8 Å². The molecule has 0 aliphatic carbocycles. The molecule has 44 heavy (non-hydrogen) atoms. The van der Waals surface area contributed by atoms with Crippen LogP contribution in [-0.2, 0) is 20.7 Å². The standard InChI is InChI=1S/C37H38N2O5/c1-4-12-35(40)39(30-16-10-13-27(2)25-30)23-11-24-44-31-21-19-28(20-22-31)26-34(37(42)43-3)38-33-18-9-8-17-32(33)36(41)29-14-6-5-7-15-29/h4-10,12-22,25,34,38H,11,23-24,26H2,1-3H3/b12-4+/t34-/m0/s1. The molecule has 4 aromatic carbocycles. The summed E-state index contributed by atoms with van der Waals surface area (Å²) in [7, 11) is 1.35. The zero-order chi connectivity index (χ0) is 31.3. The summed E-state index contributed by atoms with van der Waals surface area (Å²) >= 11 is 0. The number of esters is 1. The van der Waals surface area contributed by atoms with Crippen LogP contribution < -0.4 is 15.0 Å². The highest BCUT2D eigenvalue weighted by Crippen LogP contribution is 2.23. The van der Waals surface area contributed by atoms with Crippen molar-refractivity contribution in [3.05, 3.63) is 138 Å². The number of para-hydroxylation sites is 1. The molecule has 0 bridgehead atoms. The molecule has 0 unspecified atom stereocenters. The number of rotatable bonds is 14. The lowest BCUT2D eigenvalue weighted by molar-refractivity contribution is -0.141. The Morgan fingerprint density at radius 2 is 1.61 bits per heavy atom. The highest BCUT2D eigenvalue weighted by atomic mass is 16.5. The molecule has 0 aromatic heterocycles. The van der Waals surface area contributed by atoms with Gasteiger partial charge in [0.25, 0.3) is 5.91 Å². The van der Waals surface area contributed by atoms with Crippen molar-refractivity contribution in [2.75, 3.05) is 30.5 Å². The zero-order valence-corrected chi connectivity index (χ0v) is 25.4. The molecule has 1 N–H and O–H groups in total. The van der Waals surface area contributed by atoms with Gasteiger partial charge >= 0.3 is 5.97 Å². The van der Waals surface area contributed by atoms with E-state index in [9.17, 15) is 14.4 Å². The predicted molar refractivity (Wildman–Crippen MR) is 174 cm³/mol. The van der Waals surface area contributed by atoms with Crippen LogP contribution in [0.1, 0.15) is 40.4 Å². The predicted octanol–water partition coefficient (Wildman–Crippen LogP) is 6.80. The van der Waals surface area contributed by atoms with E-state index in [1.165, 1.54) is 7.11 Å². The van der Waals surface area contributed by atoms with E-state index in [1.807, 2.05) is 86.6 Å². The van der Waals surface area contributed by atoms with Crippen LogP contribution in [0.2, 0.25) is 0 Å². The highest BCUT2D eigenvalue weighted by molar-refractivity contribution is 6.12. The average molecular weight is 591 g/mol. The van der Waals surface area contributed by atoms with Gasteiger partial charge in [-0.3, -0.25) is 9.59 Å². The molecular formula is C37H38N2O5. The fraction of sp³-hybridized carbons (Fsp3) is 0.216. The molecule has 4 aromatic rings. The number of carbonyl (C=O) groups excluding carboxylic acids is 3. The van der Waals surface area contributed by atoms with Crippen molar-refractivity contribution in [2.24, 2.45) is 0 Å². The van der Waals surface area contributed by atoms with E-state index in [0.29, 0.717) is 48.6 Å². The Kier molecular flexibility index (Phi) is 11.5. The van der Waals surface area contributed by atoms with E-state index in [-0.39, 0.29) is 11.7 Å². The van der Waals surface area contributed by atoms with Crippen LogP contribution in [0.25, 0.3) is 0 Å². The maximum Gasteiger partial charge on any atom is 0.328 e. The molecule has 7 nitrogen and oxygen atoms in total. The van der Waals surface area contributed by atoms with Crippen LogP contribution >= 0.6 is 0 Å². The van der Waals surface area contributed by atoms with Crippen LogP contribution in [0.15, 0.2) is 115 Å². The lowest BCUT2D eigenvalue weighted by Gasteiger charge is -2.22. The molecule has 0 aliphatic heterocycles. The van der Waals surface area contributed by atoms with Crippen LogP contribution in [-0.4, -0.2) is 44.0 Å². The van der Waals surface area contributed by atoms with Crippen molar-refractivity contribution in [1.29, 1.82) is 0 Å². The Bertz CT molecular complexity index is 1580. The second-order valence-corrected chi connectivity index (χ2v) is 10.3. The largest absolute Gasteiger partial charge is 0.494 e. The first-order valence-corrected chi connectivity index (χ1v) is 14.7. The van der Waals surface area contributed by atoms with Crippen molar-refractivity contribution < 1.29 is 23.9 Å². The second-order valence-electron chi connectivity index (χ2n) is 10.3. The van der Waals surface area contributed by atoms with Gasteiger partial charge in [-0.1, -0.05) is 72.8 Å². The third kappa shape index (κ3) is 8.67. The molecule has 0 spiro atoms. The number of nitrogens with one attached hydrogen (secondary N) is 1. The first-order valence-electron chi connectivity index (χ1n) is 14.7. The van der Waals surface area contributed by atoms with Crippen LogP contribution in [0.5, 0.6) is 5.75 Å². The summed E-state index contributed by atoms with van der Waals surface area (Å²) in [6, 6.07) is 30.9. The minimum Gasteiger partial charge on any atom is -0.494 e. The number of allylic oxidation sites excluding steroid dienone is 1. The summed E-state index contributed by atoms with van der Waals surface area (Å²) in [6.07, 6.45) is 4.30. The molecule has 0 aliphatic rings. The lowest BCUT2D eigenvalue weighted by atomic mass is 10.00. The van der Waals surface area contributed by atoms with Gasteiger partial charge < -0.3 is 19.7 Å². The molecule has 226 valence electrons. The van der Waals surface area contributed by atoms with Crippen molar-refractivity contribution in [3.63, 3.8) is 0 Å². The van der Waals surface area contributed by atoms with E-state index in [4.69, 9.17) is 9.47 Å². The van der Waals surface area contributed by atoms with Crippen LogP contribution in [0, 0.1) is 6.92 Å². The highest BCUT2D eigenvalue weighted by Gasteiger charge is 2.23. The topological polar surface area (TPSA) is 84.9 Å². The number of aryl methyl sites for hydroxylation is 1. The number of anilines is 2. The summed E-state index contributed by atoms with van der Waals surface area (Å²) < 4.78 is 11.0. The Morgan fingerprint density at radius 3 is 2.32 bits per heavy atom. The van der Waals surface area contributed by atoms with Crippen molar-refractivity contribution in [3.8, 4) is 5.75 Å². The summed E-state index contributed by atoms with van der Waals surface area (Å²) in [5.74, 6) is 0.0604. The number of nitrogens with zero attached hydrogens (tertiary/aromatic N) is 1. The molecule has 0 radical (unpaired) electrons. The Morgan fingerprint density at radius 1 is 0.886 bits per heavy atom. The summed E-state index contributed by atoms with van der Waals surface area (Å²) in [5, 5.41) is 3.24. The fourth-order valence-corrected chi connectivity index (χ4v) is 4.84. The molecule has 1 atom stereocenters. The number of hydrogen-bond donors (Lipinski definition) is 1. The number of hydrogen-bond acceptors (Lipinski definition) is 6. The molecule has 7 heteroatoms. The van der Waals surface area contributed by atoms with Gasteiger partial charge in [-0.05, 0) is 73.9 Å². The first kappa shape index (κ1) is 31.8. The summed E-state index contributed by atoms with van der Waals surface area (Å²) in [6.45, 7) is 4.78. The number of benzene rings is 4. The number of ether oxygens (including phenoxy) is 2. The Balaban J connectivity index is 1.37. The number of ketones is 1. The monoisotopic (exact) mass is 590 g/mol. The van der Waals surface area contributed by atoms with Crippen LogP contribution in [0.3, 0.4) is 0 Å². The van der Waals surface area contributed by atoms with Gasteiger partial charge in [-0.15, -0.1) is 0 Å². The van der Waals surface area contributed by atoms with Gasteiger partial charge in [0.05, 0.1) is 13.7 Å². The van der Waals surface area contributed by atoms with Gasteiger partial charge in [-0.25, -0.2) is 4.79 Å². The van der Waals surface area contributed by atoms with E-state index < -0.39 is 12.0 Å². The van der Waals surface area contributed by atoms with Gasteiger partial charge in [0.15, 0.2) is 5.78 Å². The van der Waals surface area contributed by atoms with E-state index in [2.05, 4.69) is 5.32 Å². The molecular weight excluding hydrogens is 552 g/mol. The maximum absolute atomic E-state index is 13.2. The minimum absolute atomic E-state index is 0.0664. The molecule has 0 fully saturated rings. The third-order valence-electron chi connectivity index (χ3n) is 7.07. The smallest absolute Gasteiger partial charge is 0.328 e. The van der Waals surface area contributed by atoms with Gasteiger partial charge in [0.2, 0.25) is 0 Å². The Labute approximate surface area is 259 Å². The summed E-state index contributed by atoms with van der Waals surface area (Å²) in [5.41, 5.74) is 4.45. The Hall–Kier alpha value is -5.17. The van der Waals surface area contributed by atoms with E-state index in [1.54, 1.807) is 47.4 Å². The van der Waals surface area contributed by atoms with Crippen molar-refractivity contribution in [2.45, 2.75) is 32.7 Å². The fourth-order valence-electron chi connectivity index (χ4n) is 4.84. The van der Waals surface area contributed by atoms with E-state index >= 15 is 0 Å². The number of amides is 1. The number of carbonyl (C=O) groups is 3. The second kappa shape index (κ2) is 15.9. The third-order valence-corrected chi connectivity index (χ3v) is 7.07. The van der Waals surface area contributed by atoms with Crippen molar-refractivity contribution in [1.82, 2.24) is 0 Å². The first-order chi connectivity index (χ1) is 21.4. The minimum atomic E-state index is -0.709. The molecule has 0 saturated heterocycles. The SMILES string of the molecule is C/C=C/C(=O)N(CCCOc1ccc(C[C@H](Nc2ccccc2C(=O)c2ccccc2)C(=O)OC)cc1)c1cccc(C)c1. The van der Waals surface area contributed by atoms with E-state index in [0.717, 1.165) is 16.8 Å². The lowest BCUT2D eigenvalue weighted by Crippen LogP contribution is -2.33. The molecule has 0 heterocycles. The summed E-state index contributed by atoms with van der Waals surface area (Å²) in [4.78, 5) is 40.4. The zero-order valence-electron chi connectivity index (χ0n) is 25.4. The quantitative estimate of drug-likeness (QED) is 0.0753. The molecule has 0 saturated carbocycles. The molecule has 1 amide bonds. The van der Waals surface area contributed by atoms with Gasteiger partial charge in [-0.2, -0.15) is 0 Å². The van der Waals surface area contributed by atoms with Crippen molar-refractivity contribution >= 4 is 29.0 Å². The molecule has 4 rings (SSSR count). The van der Waals surface area contributed by atoms with Crippen LogP contribution in [0.4, 0.5) is 11.4 Å².